The molecule has 1 rings (SSSR count). The lowest BCUT2D eigenvalue weighted by Gasteiger charge is -2.09. The number of hydrogen-bond donors (Lipinski definition) is 1. The molecule has 0 spiro atoms. The van der Waals surface area contributed by atoms with Gasteiger partial charge in [0.15, 0.2) is 0 Å². The van der Waals surface area contributed by atoms with Crippen LogP contribution in [0.2, 0.25) is 0 Å². The van der Waals surface area contributed by atoms with Crippen molar-refractivity contribution in [2.75, 3.05) is 0 Å². The van der Waals surface area contributed by atoms with Crippen molar-refractivity contribution in [3.63, 3.8) is 0 Å². The van der Waals surface area contributed by atoms with Gasteiger partial charge in [-0.3, -0.25) is 0 Å². The van der Waals surface area contributed by atoms with Crippen LogP contribution in [0.3, 0.4) is 0 Å². The Labute approximate surface area is 99.8 Å². The molecule has 0 amide bonds. The maximum absolute atomic E-state index is 9.25. The third kappa shape index (κ3) is 5.01. The molecule has 0 fully saturated rings. The molecule has 0 heterocycles. The topological polar surface area (TPSA) is 20.2 Å². The molecule has 1 nitrogen and oxygen atoms in total. The molecule has 1 aromatic carbocycles. The third-order valence-corrected chi connectivity index (χ3v) is 2.54. The van der Waals surface area contributed by atoms with Gasteiger partial charge in [-0.1, -0.05) is 58.9 Å². The minimum absolute atomic E-state index is 0.149. The molecule has 16 heavy (non-hydrogen) atoms. The summed E-state index contributed by atoms with van der Waals surface area (Å²) in [5.74, 6) is 0.841. The molecule has 1 atom stereocenters. The monoisotopic (exact) mass is 220 g/mol. The van der Waals surface area contributed by atoms with Gasteiger partial charge in [-0.2, -0.15) is 0 Å². The Hall–Kier alpha value is -1.24. The lowest BCUT2D eigenvalue weighted by Crippen LogP contribution is -1.98. The second kappa shape index (κ2) is 7.98. The zero-order chi connectivity index (χ0) is 12.6. The Kier molecular flexibility index (Phi) is 7.36. The van der Waals surface area contributed by atoms with Gasteiger partial charge in [0.1, 0.15) is 5.76 Å². The zero-order valence-electron chi connectivity index (χ0n) is 11.0. The second-order valence-corrected chi connectivity index (χ2v) is 3.86. The Balaban J connectivity index is 0.00000106. The lowest BCUT2D eigenvalue weighted by molar-refractivity contribution is 0.513. The fourth-order valence-corrected chi connectivity index (χ4v) is 1.42. The summed E-state index contributed by atoms with van der Waals surface area (Å²) in [4.78, 5) is 0. The molecule has 1 heteroatoms. The molecule has 1 aromatic rings. The van der Waals surface area contributed by atoms with Crippen LogP contribution in [-0.4, -0.2) is 5.11 Å². The molecule has 0 radical (unpaired) electrons. The van der Waals surface area contributed by atoms with Gasteiger partial charge in [0.25, 0.3) is 0 Å². The Morgan fingerprint density at radius 3 is 2.50 bits per heavy atom. The van der Waals surface area contributed by atoms with Gasteiger partial charge in [0.2, 0.25) is 0 Å². The van der Waals surface area contributed by atoms with E-state index in [0.717, 1.165) is 12.0 Å². The minimum atomic E-state index is 0.149. The average Bonchev–Trinajstić information content (AvgIpc) is 2.32. The summed E-state index contributed by atoms with van der Waals surface area (Å²) >= 11 is 0. The molecule has 0 saturated heterocycles. The van der Waals surface area contributed by atoms with Gasteiger partial charge in [0.05, 0.1) is 0 Å². The van der Waals surface area contributed by atoms with Crippen LogP contribution >= 0.6 is 0 Å². The van der Waals surface area contributed by atoms with Crippen molar-refractivity contribution in [2.45, 2.75) is 40.5 Å². The van der Waals surface area contributed by atoms with E-state index < -0.39 is 0 Å². The zero-order valence-corrected chi connectivity index (χ0v) is 11.0. The number of aliphatic hydroxyl groups excluding tert-OH is 1. The Morgan fingerprint density at radius 2 is 2.00 bits per heavy atom. The van der Waals surface area contributed by atoms with Gasteiger partial charge >= 0.3 is 0 Å². The fraction of sp³-hybridized carbons (Fsp3) is 0.467. The van der Waals surface area contributed by atoms with Crippen LogP contribution in [0.1, 0.15) is 45.2 Å². The van der Waals surface area contributed by atoms with Crippen LogP contribution < -0.4 is 0 Å². The molecule has 0 aliphatic carbocycles. The summed E-state index contributed by atoms with van der Waals surface area (Å²) in [7, 11) is 0. The Morgan fingerprint density at radius 1 is 1.38 bits per heavy atom. The largest absolute Gasteiger partial charge is 0.508 e. The van der Waals surface area contributed by atoms with Crippen LogP contribution in [0.5, 0.6) is 0 Å². The number of rotatable bonds is 4. The molecule has 1 unspecified atom stereocenters. The van der Waals surface area contributed by atoms with Crippen LogP contribution in [0.15, 0.2) is 30.8 Å². The molecular weight excluding hydrogens is 196 g/mol. The van der Waals surface area contributed by atoms with Crippen LogP contribution in [0, 0.1) is 5.92 Å². The van der Waals surface area contributed by atoms with E-state index in [1.807, 2.05) is 32.0 Å². The van der Waals surface area contributed by atoms with Crippen molar-refractivity contribution in [3.05, 3.63) is 42.0 Å². The van der Waals surface area contributed by atoms with E-state index in [1.54, 1.807) is 0 Å². The molecule has 0 aromatic heterocycles. The van der Waals surface area contributed by atoms with Crippen molar-refractivity contribution < 1.29 is 5.11 Å². The summed E-state index contributed by atoms with van der Waals surface area (Å²) in [6, 6.07) is 7.95. The second-order valence-electron chi connectivity index (χ2n) is 3.86. The number of aliphatic hydroxyl groups is 1. The maximum Gasteiger partial charge on any atom is 0.115 e. The van der Waals surface area contributed by atoms with E-state index in [2.05, 4.69) is 26.5 Å². The van der Waals surface area contributed by atoms with Gasteiger partial charge in [-0.15, -0.1) is 0 Å². The standard InChI is InChI=1S/C13H18O.C2H6/c1-4-10(2)8-12-6-5-7-13(9-12)11(3)14;1-2/h5-7,9-10,14H,3-4,8H2,1-2H3;1-2H3. The Bertz CT molecular complexity index is 315. The molecule has 0 aliphatic heterocycles. The van der Waals surface area contributed by atoms with Gasteiger partial charge in [-0.25, -0.2) is 0 Å². The molecule has 0 aliphatic rings. The molecule has 1 N–H and O–H groups in total. The highest BCUT2D eigenvalue weighted by Gasteiger charge is 2.02. The SMILES string of the molecule is C=C(O)c1cccc(CC(C)CC)c1.CC. The van der Waals surface area contributed by atoms with Crippen LogP contribution in [0.25, 0.3) is 5.76 Å². The summed E-state index contributed by atoms with van der Waals surface area (Å²) in [5, 5.41) is 9.25. The normalized spacial score (nSPS) is 11.2. The van der Waals surface area contributed by atoms with E-state index in [9.17, 15) is 5.11 Å². The van der Waals surface area contributed by atoms with Crippen molar-refractivity contribution in [2.24, 2.45) is 5.92 Å². The maximum atomic E-state index is 9.25. The van der Waals surface area contributed by atoms with Gasteiger partial charge in [0, 0.05) is 5.56 Å². The van der Waals surface area contributed by atoms with Crippen LogP contribution in [0.4, 0.5) is 0 Å². The first-order chi connectivity index (χ1) is 7.63. The summed E-state index contributed by atoms with van der Waals surface area (Å²) < 4.78 is 0. The molecule has 90 valence electrons. The van der Waals surface area contributed by atoms with Crippen molar-refractivity contribution in [1.82, 2.24) is 0 Å². The predicted octanol–water partition coefficient (Wildman–Crippen LogP) is 4.83. The van der Waals surface area contributed by atoms with Crippen molar-refractivity contribution in [1.29, 1.82) is 0 Å². The average molecular weight is 220 g/mol. The van der Waals surface area contributed by atoms with Crippen molar-refractivity contribution in [3.8, 4) is 0 Å². The van der Waals surface area contributed by atoms with Crippen LogP contribution in [-0.2, 0) is 6.42 Å². The van der Waals surface area contributed by atoms with Crippen molar-refractivity contribution >= 4 is 5.76 Å². The highest BCUT2D eigenvalue weighted by Crippen LogP contribution is 2.16. The van der Waals surface area contributed by atoms with E-state index >= 15 is 0 Å². The number of benzene rings is 1. The molecule has 0 saturated carbocycles. The number of hydrogen-bond acceptors (Lipinski definition) is 1. The van der Waals surface area contributed by atoms with E-state index in [1.165, 1.54) is 12.0 Å². The summed E-state index contributed by atoms with van der Waals surface area (Å²) in [6.45, 7) is 12.0. The molecular formula is C15H24O. The third-order valence-electron chi connectivity index (χ3n) is 2.54. The van der Waals surface area contributed by atoms with E-state index in [0.29, 0.717) is 5.92 Å². The highest BCUT2D eigenvalue weighted by atomic mass is 16.3. The summed E-state index contributed by atoms with van der Waals surface area (Å²) in [5.41, 5.74) is 2.10. The first-order valence-corrected chi connectivity index (χ1v) is 6.10. The first-order valence-electron chi connectivity index (χ1n) is 6.10. The summed E-state index contributed by atoms with van der Waals surface area (Å²) in [6.07, 6.45) is 2.25. The predicted molar refractivity (Wildman–Crippen MR) is 72.6 cm³/mol. The van der Waals surface area contributed by atoms with Gasteiger partial charge < -0.3 is 5.11 Å². The quantitative estimate of drug-likeness (QED) is 0.720. The smallest absolute Gasteiger partial charge is 0.115 e. The van der Waals surface area contributed by atoms with E-state index in [4.69, 9.17) is 0 Å². The minimum Gasteiger partial charge on any atom is -0.508 e. The highest BCUT2D eigenvalue weighted by molar-refractivity contribution is 5.56. The van der Waals surface area contributed by atoms with E-state index in [-0.39, 0.29) is 5.76 Å². The van der Waals surface area contributed by atoms with Gasteiger partial charge in [-0.05, 0) is 24.0 Å². The molecule has 0 bridgehead atoms. The first kappa shape index (κ1) is 14.8. The lowest BCUT2D eigenvalue weighted by atomic mass is 9.97. The fourth-order valence-electron chi connectivity index (χ4n) is 1.42.